The van der Waals surface area contributed by atoms with Crippen LogP contribution in [0.2, 0.25) is 0 Å². The van der Waals surface area contributed by atoms with Gasteiger partial charge in [-0.2, -0.15) is 5.26 Å². The van der Waals surface area contributed by atoms with Gasteiger partial charge in [0.1, 0.15) is 6.07 Å². The summed E-state index contributed by atoms with van der Waals surface area (Å²) in [6, 6.07) is 10.6. The van der Waals surface area contributed by atoms with Crippen LogP contribution in [0.15, 0.2) is 35.0 Å². The van der Waals surface area contributed by atoms with Crippen LogP contribution in [0, 0.1) is 11.3 Å². The first-order valence-corrected chi connectivity index (χ1v) is 8.00. The van der Waals surface area contributed by atoms with Gasteiger partial charge in [0.05, 0.1) is 0 Å². The van der Waals surface area contributed by atoms with E-state index in [9.17, 15) is 5.26 Å². The average molecular weight is 291 g/mol. The lowest BCUT2D eigenvalue weighted by Gasteiger charge is -2.27. The zero-order valence-corrected chi connectivity index (χ0v) is 12.5. The maximum Gasteiger partial charge on any atom is 0.159 e. The molecule has 0 aliphatic rings. The number of nitrogens with zero attached hydrogens (tertiary/aromatic N) is 1. The normalized spacial score (nSPS) is 11.4. The molecular formula is C14H17N3S2. The van der Waals surface area contributed by atoms with E-state index in [1.807, 2.05) is 19.1 Å². The van der Waals surface area contributed by atoms with Crippen LogP contribution in [0.4, 0.5) is 0 Å². The minimum absolute atomic E-state index is 0.659. The second-order valence-corrected chi connectivity index (χ2v) is 6.30. The molecule has 0 aromatic carbocycles. The van der Waals surface area contributed by atoms with Gasteiger partial charge in [-0.25, -0.2) is 0 Å². The molecule has 100 valence electrons. The molecule has 2 heterocycles. The molecule has 0 radical (unpaired) electrons. The first kappa shape index (κ1) is 14.2. The molecule has 2 aromatic heterocycles. The molecule has 2 aromatic rings. The summed E-state index contributed by atoms with van der Waals surface area (Å²) in [7, 11) is 0. The Labute approximate surface area is 121 Å². The van der Waals surface area contributed by atoms with Crippen molar-refractivity contribution in [3.05, 3.63) is 44.8 Å². The van der Waals surface area contributed by atoms with E-state index < -0.39 is 5.66 Å². The highest BCUT2D eigenvalue weighted by Crippen LogP contribution is 2.14. The van der Waals surface area contributed by atoms with E-state index in [1.54, 1.807) is 22.7 Å². The molecule has 0 saturated carbocycles. The number of hydrogen-bond donors (Lipinski definition) is 2. The first-order valence-electron chi connectivity index (χ1n) is 6.24. The van der Waals surface area contributed by atoms with Gasteiger partial charge >= 0.3 is 0 Å². The standard InChI is InChI=1S/C14H17N3S2/c1-2-14(11-15,16-9-12-5-3-7-18-12)17-10-13-6-4-8-19-13/h3-8,16-17H,2,9-10H2,1H3. The Morgan fingerprint density at radius 1 is 1.11 bits per heavy atom. The highest BCUT2D eigenvalue weighted by molar-refractivity contribution is 7.10. The Kier molecular flexibility index (Phi) is 5.11. The van der Waals surface area contributed by atoms with Crippen LogP contribution in [0.1, 0.15) is 23.1 Å². The summed E-state index contributed by atoms with van der Waals surface area (Å²) in [5, 5.41) is 20.2. The number of thiophene rings is 2. The molecule has 2 rings (SSSR count). The lowest BCUT2D eigenvalue weighted by molar-refractivity contribution is 0.320. The van der Waals surface area contributed by atoms with Gasteiger partial charge in [0.25, 0.3) is 0 Å². The van der Waals surface area contributed by atoms with Gasteiger partial charge in [-0.05, 0) is 29.3 Å². The molecule has 0 atom stereocenters. The zero-order valence-electron chi connectivity index (χ0n) is 10.8. The van der Waals surface area contributed by atoms with Crippen molar-refractivity contribution in [3.8, 4) is 6.07 Å². The fourth-order valence-corrected chi connectivity index (χ4v) is 3.06. The average Bonchev–Trinajstić information content (AvgIpc) is 3.13. The van der Waals surface area contributed by atoms with Crippen LogP contribution >= 0.6 is 22.7 Å². The number of nitriles is 1. The van der Waals surface area contributed by atoms with Gasteiger partial charge in [0.2, 0.25) is 0 Å². The largest absolute Gasteiger partial charge is 0.282 e. The summed E-state index contributed by atoms with van der Waals surface area (Å²) in [4.78, 5) is 2.48. The highest BCUT2D eigenvalue weighted by atomic mass is 32.1. The van der Waals surface area contributed by atoms with Gasteiger partial charge in [-0.3, -0.25) is 10.6 Å². The topological polar surface area (TPSA) is 47.9 Å². The lowest BCUT2D eigenvalue weighted by atomic mass is 10.1. The Morgan fingerprint density at radius 2 is 1.63 bits per heavy atom. The fraction of sp³-hybridized carbons (Fsp3) is 0.357. The summed E-state index contributed by atoms with van der Waals surface area (Å²) in [6.45, 7) is 3.46. The van der Waals surface area contributed by atoms with E-state index in [-0.39, 0.29) is 0 Å². The van der Waals surface area contributed by atoms with Crippen molar-refractivity contribution in [3.63, 3.8) is 0 Å². The van der Waals surface area contributed by atoms with Gasteiger partial charge in [-0.15, -0.1) is 22.7 Å². The van der Waals surface area contributed by atoms with E-state index in [4.69, 9.17) is 0 Å². The Balaban J connectivity index is 1.94. The van der Waals surface area contributed by atoms with Crippen LogP contribution in [-0.2, 0) is 13.1 Å². The molecule has 5 heteroatoms. The summed E-state index contributed by atoms with van der Waals surface area (Å²) >= 11 is 3.41. The van der Waals surface area contributed by atoms with Crippen LogP contribution < -0.4 is 10.6 Å². The van der Waals surface area contributed by atoms with Crippen LogP contribution in [0.25, 0.3) is 0 Å². The molecular weight excluding hydrogens is 274 g/mol. The van der Waals surface area contributed by atoms with Gasteiger partial charge in [0, 0.05) is 22.8 Å². The van der Waals surface area contributed by atoms with E-state index in [2.05, 4.69) is 39.6 Å². The third-order valence-electron chi connectivity index (χ3n) is 3.01. The van der Waals surface area contributed by atoms with E-state index in [1.165, 1.54) is 9.75 Å². The van der Waals surface area contributed by atoms with Gasteiger partial charge in [-0.1, -0.05) is 19.1 Å². The molecule has 0 bridgehead atoms. The quantitative estimate of drug-likeness (QED) is 0.769. The molecule has 0 saturated heterocycles. The molecule has 0 fully saturated rings. The minimum atomic E-state index is -0.659. The summed E-state index contributed by atoms with van der Waals surface area (Å²) in [6.07, 6.45) is 0.722. The lowest BCUT2D eigenvalue weighted by Crippen LogP contribution is -2.54. The molecule has 0 aliphatic carbocycles. The van der Waals surface area contributed by atoms with Crippen molar-refractivity contribution in [2.75, 3.05) is 0 Å². The number of rotatable bonds is 7. The van der Waals surface area contributed by atoms with Crippen molar-refractivity contribution >= 4 is 22.7 Å². The third kappa shape index (κ3) is 3.88. The number of hydrogen-bond acceptors (Lipinski definition) is 5. The summed E-state index contributed by atoms with van der Waals surface area (Å²) in [5.41, 5.74) is -0.659. The fourth-order valence-electron chi connectivity index (χ4n) is 1.77. The maximum atomic E-state index is 9.47. The van der Waals surface area contributed by atoms with E-state index in [0.717, 1.165) is 19.5 Å². The van der Waals surface area contributed by atoms with Crippen LogP contribution in [-0.4, -0.2) is 5.66 Å². The molecule has 0 amide bonds. The van der Waals surface area contributed by atoms with Gasteiger partial charge < -0.3 is 0 Å². The molecule has 0 unspecified atom stereocenters. The molecule has 19 heavy (non-hydrogen) atoms. The first-order chi connectivity index (χ1) is 9.28. The zero-order chi connectivity index (χ0) is 13.6. The Morgan fingerprint density at radius 3 is 1.95 bits per heavy atom. The second-order valence-electron chi connectivity index (χ2n) is 4.24. The van der Waals surface area contributed by atoms with E-state index in [0.29, 0.717) is 0 Å². The van der Waals surface area contributed by atoms with Crippen molar-refractivity contribution in [1.29, 1.82) is 5.26 Å². The monoisotopic (exact) mass is 291 g/mol. The van der Waals surface area contributed by atoms with Crippen LogP contribution in [0.3, 0.4) is 0 Å². The van der Waals surface area contributed by atoms with Gasteiger partial charge in [0.15, 0.2) is 5.66 Å². The second kappa shape index (κ2) is 6.83. The molecule has 0 spiro atoms. The third-order valence-corrected chi connectivity index (χ3v) is 4.76. The summed E-state index contributed by atoms with van der Waals surface area (Å²) < 4.78 is 0. The van der Waals surface area contributed by atoms with Crippen LogP contribution in [0.5, 0.6) is 0 Å². The minimum Gasteiger partial charge on any atom is -0.282 e. The molecule has 0 aliphatic heterocycles. The molecule has 2 N–H and O–H groups in total. The highest BCUT2D eigenvalue weighted by Gasteiger charge is 2.26. The maximum absolute atomic E-state index is 9.47. The number of nitrogens with one attached hydrogen (secondary N) is 2. The van der Waals surface area contributed by atoms with Crippen molar-refractivity contribution in [1.82, 2.24) is 10.6 Å². The van der Waals surface area contributed by atoms with Crippen molar-refractivity contribution in [2.45, 2.75) is 32.1 Å². The van der Waals surface area contributed by atoms with Crippen molar-refractivity contribution in [2.24, 2.45) is 0 Å². The molecule has 3 nitrogen and oxygen atoms in total. The smallest absolute Gasteiger partial charge is 0.159 e. The summed E-state index contributed by atoms with van der Waals surface area (Å²) in [5.74, 6) is 0. The van der Waals surface area contributed by atoms with Crippen molar-refractivity contribution < 1.29 is 0 Å². The predicted molar refractivity (Wildman–Crippen MR) is 81.0 cm³/mol. The predicted octanol–water partition coefficient (Wildman–Crippen LogP) is 3.32. The Bertz CT molecular complexity index is 473. The van der Waals surface area contributed by atoms with E-state index >= 15 is 0 Å². The SMILES string of the molecule is CCC(C#N)(NCc1cccs1)NCc1cccs1. The Hall–Kier alpha value is -1.19.